The Morgan fingerprint density at radius 2 is 2.00 bits per heavy atom. The zero-order valence-electron chi connectivity index (χ0n) is 9.04. The lowest BCUT2D eigenvalue weighted by molar-refractivity contribution is 0.111. The molecule has 0 bridgehead atoms. The summed E-state index contributed by atoms with van der Waals surface area (Å²) in [4.78, 5) is 0. The first-order valence-corrected chi connectivity index (χ1v) is 5.25. The number of benzene rings is 1. The Hall–Kier alpha value is -1.81. The van der Waals surface area contributed by atoms with Crippen LogP contribution in [-0.2, 0) is 17.9 Å². The molecule has 0 spiro atoms. The molecule has 1 heterocycles. The van der Waals surface area contributed by atoms with Gasteiger partial charge in [0.15, 0.2) is 0 Å². The van der Waals surface area contributed by atoms with Gasteiger partial charge in [-0.05, 0) is 11.6 Å². The van der Waals surface area contributed by atoms with Gasteiger partial charge >= 0.3 is 0 Å². The van der Waals surface area contributed by atoms with Crippen molar-refractivity contribution >= 4 is 5.82 Å². The number of nitrogens with two attached hydrogens (primary N) is 1. The summed E-state index contributed by atoms with van der Waals surface area (Å²) in [6, 6.07) is 11.9. The third-order valence-corrected chi connectivity index (χ3v) is 2.24. The highest BCUT2D eigenvalue weighted by atomic mass is 16.5. The van der Waals surface area contributed by atoms with E-state index in [1.54, 1.807) is 10.7 Å². The molecule has 0 fully saturated rings. The van der Waals surface area contributed by atoms with Gasteiger partial charge in [-0.15, -0.1) is 0 Å². The van der Waals surface area contributed by atoms with E-state index in [1.165, 1.54) is 5.56 Å². The van der Waals surface area contributed by atoms with Crippen molar-refractivity contribution in [3.05, 3.63) is 48.2 Å². The summed E-state index contributed by atoms with van der Waals surface area (Å²) >= 11 is 0. The Kier molecular flexibility index (Phi) is 3.56. The van der Waals surface area contributed by atoms with Gasteiger partial charge in [0.1, 0.15) is 5.82 Å². The molecule has 1 aromatic heterocycles. The van der Waals surface area contributed by atoms with Gasteiger partial charge in [-0.3, -0.25) is 4.68 Å². The second-order valence-electron chi connectivity index (χ2n) is 3.54. The zero-order valence-corrected chi connectivity index (χ0v) is 9.04. The fourth-order valence-corrected chi connectivity index (χ4v) is 1.42. The fourth-order valence-electron chi connectivity index (χ4n) is 1.42. The SMILES string of the molecule is Nc1ccn(CCOCc2ccccc2)n1. The highest BCUT2D eigenvalue weighted by Gasteiger charge is 1.95. The van der Waals surface area contributed by atoms with Crippen LogP contribution in [0.3, 0.4) is 0 Å². The van der Waals surface area contributed by atoms with E-state index in [1.807, 2.05) is 36.5 Å². The van der Waals surface area contributed by atoms with Gasteiger partial charge in [0, 0.05) is 6.20 Å². The van der Waals surface area contributed by atoms with E-state index in [0.29, 0.717) is 19.0 Å². The van der Waals surface area contributed by atoms with Gasteiger partial charge in [0.05, 0.1) is 19.8 Å². The first-order chi connectivity index (χ1) is 7.84. The lowest BCUT2D eigenvalue weighted by Gasteiger charge is -2.04. The molecule has 0 radical (unpaired) electrons. The number of hydrogen-bond donors (Lipinski definition) is 1. The Labute approximate surface area is 94.6 Å². The molecular formula is C12H15N3O. The maximum Gasteiger partial charge on any atom is 0.145 e. The van der Waals surface area contributed by atoms with Gasteiger partial charge in [0.25, 0.3) is 0 Å². The molecule has 0 saturated carbocycles. The topological polar surface area (TPSA) is 53.1 Å². The molecule has 0 aliphatic carbocycles. The van der Waals surface area contributed by atoms with Crippen LogP contribution in [0.1, 0.15) is 5.56 Å². The molecule has 0 atom stereocenters. The Morgan fingerprint density at radius 1 is 1.19 bits per heavy atom. The molecule has 0 saturated heterocycles. The minimum absolute atomic E-state index is 0.544. The second-order valence-corrected chi connectivity index (χ2v) is 3.54. The lowest BCUT2D eigenvalue weighted by atomic mass is 10.2. The van der Waals surface area contributed by atoms with Crippen molar-refractivity contribution in [3.8, 4) is 0 Å². The highest BCUT2D eigenvalue weighted by Crippen LogP contribution is 2.01. The van der Waals surface area contributed by atoms with Crippen molar-refractivity contribution < 1.29 is 4.74 Å². The molecular weight excluding hydrogens is 202 g/mol. The van der Waals surface area contributed by atoms with Crippen LogP contribution in [0.5, 0.6) is 0 Å². The van der Waals surface area contributed by atoms with Crippen molar-refractivity contribution in [1.82, 2.24) is 9.78 Å². The third-order valence-electron chi connectivity index (χ3n) is 2.24. The van der Waals surface area contributed by atoms with E-state index >= 15 is 0 Å². The van der Waals surface area contributed by atoms with Crippen molar-refractivity contribution in [3.63, 3.8) is 0 Å². The van der Waals surface area contributed by atoms with E-state index < -0.39 is 0 Å². The van der Waals surface area contributed by atoms with E-state index in [-0.39, 0.29) is 0 Å². The number of anilines is 1. The van der Waals surface area contributed by atoms with Crippen molar-refractivity contribution in [2.75, 3.05) is 12.3 Å². The van der Waals surface area contributed by atoms with Crippen molar-refractivity contribution in [2.45, 2.75) is 13.2 Å². The monoisotopic (exact) mass is 217 g/mol. The number of nitrogens with zero attached hydrogens (tertiary/aromatic N) is 2. The number of rotatable bonds is 5. The first kappa shape index (κ1) is 10.7. The molecule has 0 aliphatic rings. The Bertz CT molecular complexity index is 425. The molecule has 2 N–H and O–H groups in total. The lowest BCUT2D eigenvalue weighted by Crippen LogP contribution is -2.06. The molecule has 1 aromatic carbocycles. The number of aromatic nitrogens is 2. The van der Waals surface area contributed by atoms with E-state index in [2.05, 4.69) is 5.10 Å². The van der Waals surface area contributed by atoms with Crippen LogP contribution >= 0.6 is 0 Å². The number of nitrogen functional groups attached to an aromatic ring is 1. The second kappa shape index (κ2) is 5.32. The largest absolute Gasteiger partial charge is 0.382 e. The molecule has 0 amide bonds. The molecule has 16 heavy (non-hydrogen) atoms. The molecule has 4 heteroatoms. The van der Waals surface area contributed by atoms with Crippen LogP contribution in [0.25, 0.3) is 0 Å². The standard InChI is InChI=1S/C12H15N3O/c13-12-6-7-15(14-12)8-9-16-10-11-4-2-1-3-5-11/h1-7H,8-10H2,(H2,13,14). The summed E-state index contributed by atoms with van der Waals surface area (Å²) in [5.41, 5.74) is 6.68. The molecule has 4 nitrogen and oxygen atoms in total. The Balaban J connectivity index is 1.69. The molecule has 0 unspecified atom stereocenters. The first-order valence-electron chi connectivity index (χ1n) is 5.25. The van der Waals surface area contributed by atoms with Gasteiger partial charge in [-0.25, -0.2) is 0 Å². The van der Waals surface area contributed by atoms with E-state index in [9.17, 15) is 0 Å². The third kappa shape index (κ3) is 3.10. The van der Waals surface area contributed by atoms with Crippen LogP contribution in [0, 0.1) is 0 Å². The smallest absolute Gasteiger partial charge is 0.145 e. The van der Waals surface area contributed by atoms with Crippen molar-refractivity contribution in [1.29, 1.82) is 0 Å². The summed E-state index contributed by atoms with van der Waals surface area (Å²) in [7, 11) is 0. The van der Waals surface area contributed by atoms with Crippen LogP contribution in [0.15, 0.2) is 42.6 Å². The molecule has 2 aromatic rings. The number of hydrogen-bond acceptors (Lipinski definition) is 3. The molecule has 84 valence electrons. The van der Waals surface area contributed by atoms with Gasteiger partial charge in [0.2, 0.25) is 0 Å². The van der Waals surface area contributed by atoms with Gasteiger partial charge in [-0.1, -0.05) is 30.3 Å². The minimum atomic E-state index is 0.544. The predicted molar refractivity (Wildman–Crippen MR) is 62.7 cm³/mol. The molecule has 2 rings (SSSR count). The summed E-state index contributed by atoms with van der Waals surface area (Å²) < 4.78 is 7.31. The summed E-state index contributed by atoms with van der Waals surface area (Å²) in [5.74, 6) is 0.544. The minimum Gasteiger partial charge on any atom is -0.382 e. The fraction of sp³-hybridized carbons (Fsp3) is 0.250. The predicted octanol–water partition coefficient (Wildman–Crippen LogP) is 1.68. The zero-order chi connectivity index (χ0) is 11.2. The summed E-state index contributed by atoms with van der Waals surface area (Å²) in [6.45, 7) is 2.00. The highest BCUT2D eigenvalue weighted by molar-refractivity contribution is 5.23. The van der Waals surface area contributed by atoms with Crippen molar-refractivity contribution in [2.24, 2.45) is 0 Å². The quantitative estimate of drug-likeness (QED) is 0.775. The average molecular weight is 217 g/mol. The van der Waals surface area contributed by atoms with E-state index in [0.717, 1.165) is 6.54 Å². The van der Waals surface area contributed by atoms with Gasteiger partial charge < -0.3 is 10.5 Å². The maximum absolute atomic E-state index is 5.53. The van der Waals surface area contributed by atoms with Gasteiger partial charge in [-0.2, -0.15) is 5.10 Å². The summed E-state index contributed by atoms with van der Waals surface area (Å²) in [6.07, 6.45) is 1.85. The van der Waals surface area contributed by atoms with E-state index in [4.69, 9.17) is 10.5 Å². The summed E-state index contributed by atoms with van der Waals surface area (Å²) in [5, 5.41) is 4.07. The van der Waals surface area contributed by atoms with Crippen LogP contribution in [0.4, 0.5) is 5.82 Å². The maximum atomic E-state index is 5.53. The average Bonchev–Trinajstić information content (AvgIpc) is 2.72. The van der Waals surface area contributed by atoms with Crippen LogP contribution in [0.2, 0.25) is 0 Å². The molecule has 0 aliphatic heterocycles. The number of ether oxygens (including phenoxy) is 1. The van der Waals surface area contributed by atoms with Crippen LogP contribution < -0.4 is 5.73 Å². The Morgan fingerprint density at radius 3 is 2.69 bits per heavy atom. The van der Waals surface area contributed by atoms with Crippen LogP contribution in [-0.4, -0.2) is 16.4 Å². The normalized spacial score (nSPS) is 10.5.